The molecule has 2 bridgehead atoms. The molecule has 3 amide bonds. The molecule has 0 aliphatic carbocycles. The van der Waals surface area contributed by atoms with E-state index >= 15 is 0 Å². The van der Waals surface area contributed by atoms with Crippen molar-refractivity contribution in [3.63, 3.8) is 0 Å². The lowest BCUT2D eigenvalue weighted by Gasteiger charge is -2.36. The summed E-state index contributed by atoms with van der Waals surface area (Å²) in [7, 11) is 0. The van der Waals surface area contributed by atoms with Crippen molar-refractivity contribution in [2.75, 3.05) is 6.54 Å². The monoisotopic (exact) mass is 804 g/mol. The number of benzene rings is 1. The van der Waals surface area contributed by atoms with Crippen LogP contribution in [0.3, 0.4) is 0 Å². The quantitative estimate of drug-likeness (QED) is 0.129. The first kappa shape index (κ1) is 47.5. The van der Waals surface area contributed by atoms with Crippen LogP contribution in [0.15, 0.2) is 72.4 Å². The number of Topliss-reactive ketones (excluding diaryl/α,β-unsaturated/α-hetero) is 1. The number of hydrazine groups is 1. The van der Waals surface area contributed by atoms with Gasteiger partial charge in [0.05, 0.1) is 12.0 Å². The molecule has 5 N–H and O–H groups in total. The maximum atomic E-state index is 14.3. The molecule has 2 heterocycles. The number of phenolic OH excluding ortho intramolecular Hbond substituents is 1. The Morgan fingerprint density at radius 1 is 1.02 bits per heavy atom. The molecule has 7 atom stereocenters. The first-order valence-corrected chi connectivity index (χ1v) is 20.3. The Bertz CT molecular complexity index is 1740. The Morgan fingerprint density at radius 3 is 2.34 bits per heavy atom. The Kier molecular flexibility index (Phi) is 18.3. The number of nitrogens with zero attached hydrogens (tertiary/aromatic N) is 1. The molecule has 13 nitrogen and oxygen atoms in total. The highest BCUT2D eigenvalue weighted by atomic mass is 16.5. The minimum atomic E-state index is -1.18. The van der Waals surface area contributed by atoms with Crippen LogP contribution in [-0.2, 0) is 39.9 Å². The Balaban J connectivity index is 2.05. The van der Waals surface area contributed by atoms with Crippen LogP contribution in [0.25, 0.3) is 0 Å². The molecule has 1 aromatic carbocycles. The molecule has 0 aromatic heterocycles. The van der Waals surface area contributed by atoms with Gasteiger partial charge in [-0.15, -0.1) is 0 Å². The number of ether oxygens (including phenoxy) is 1. The summed E-state index contributed by atoms with van der Waals surface area (Å²) in [6.07, 6.45) is 12.0. The molecule has 1 saturated heterocycles. The van der Waals surface area contributed by atoms with Crippen LogP contribution >= 0.6 is 0 Å². The van der Waals surface area contributed by atoms with Crippen molar-refractivity contribution in [1.82, 2.24) is 21.1 Å². The number of hydrogen-bond donors (Lipinski definition) is 5. The van der Waals surface area contributed by atoms with Crippen molar-refractivity contribution in [3.8, 4) is 5.75 Å². The van der Waals surface area contributed by atoms with Crippen LogP contribution in [0.4, 0.5) is 0 Å². The lowest BCUT2D eigenvalue weighted by atomic mass is 9.85. The van der Waals surface area contributed by atoms with E-state index in [2.05, 4.69) is 16.1 Å². The number of fused-ring (bicyclic) bond motifs is 2. The average molecular weight is 805 g/mol. The molecule has 0 spiro atoms. The molecule has 2 aliphatic rings. The first-order valence-electron chi connectivity index (χ1n) is 20.3. The summed E-state index contributed by atoms with van der Waals surface area (Å²) in [6, 6.07) is 3.15. The minimum absolute atomic E-state index is 0.0142. The van der Waals surface area contributed by atoms with Crippen molar-refractivity contribution in [2.45, 2.75) is 131 Å². The van der Waals surface area contributed by atoms with Gasteiger partial charge in [0.1, 0.15) is 35.8 Å². The maximum Gasteiger partial charge on any atom is 0.325 e. The van der Waals surface area contributed by atoms with Gasteiger partial charge in [0, 0.05) is 31.2 Å². The highest BCUT2D eigenvalue weighted by Crippen LogP contribution is 2.24. The summed E-state index contributed by atoms with van der Waals surface area (Å²) in [5.41, 5.74) is 3.72. The molecule has 1 unspecified atom stereocenters. The molecular weight excluding hydrogens is 741 g/mol. The van der Waals surface area contributed by atoms with Gasteiger partial charge in [0.15, 0.2) is 5.78 Å². The van der Waals surface area contributed by atoms with Crippen molar-refractivity contribution < 1.29 is 43.7 Å². The highest BCUT2D eigenvalue weighted by molar-refractivity contribution is 5.94. The summed E-state index contributed by atoms with van der Waals surface area (Å²) in [5.74, 6) is -4.37. The third kappa shape index (κ3) is 14.8. The standard InChI is InChI=1S/C45H64N4O9/c1-28(2)39-42(55)46-36(27-32-18-14-19-33(51)26-32)43(56)49-25-15-20-35(48-49)44(57)58-37(29(3)17-13-22-38(52)45(6,7)8)21-12-10-9-11-16-30(4)40(53)34(41(54)47-39)24-23-31(5)50/h9-14,17-19,22,26,28,30,34-37,39-40,48,51,53H,15-16,20-21,23-25,27H2,1-8H3,(H,46,55)(H,47,54)/t30-,34+,35?,36-,37-,39-,40+/m0/s1. The summed E-state index contributed by atoms with van der Waals surface area (Å²) >= 11 is 0. The second-order valence-corrected chi connectivity index (χ2v) is 16.9. The fourth-order valence-electron chi connectivity index (χ4n) is 6.68. The SMILES string of the molecule is CC(=O)CC[C@H]1C(=O)N[C@@H](C(C)C)C(=O)N[C@@H](Cc2cccc(O)c2)C(=O)N2CCCC(N2)C(=O)O[C@H](C(C)=CC=CC(=O)C(C)(C)C)CC=CC=CC[C@H](C)[C@H]1O. The smallest absolute Gasteiger partial charge is 0.325 e. The number of rotatable bonds is 9. The Labute approximate surface area is 343 Å². The zero-order valence-corrected chi connectivity index (χ0v) is 35.3. The predicted octanol–water partition coefficient (Wildman–Crippen LogP) is 4.97. The van der Waals surface area contributed by atoms with E-state index in [4.69, 9.17) is 4.74 Å². The van der Waals surface area contributed by atoms with Crippen molar-refractivity contribution in [2.24, 2.45) is 23.2 Å². The third-order valence-electron chi connectivity index (χ3n) is 10.4. The van der Waals surface area contributed by atoms with Crippen LogP contribution < -0.4 is 16.1 Å². The van der Waals surface area contributed by atoms with Crippen LogP contribution in [0.1, 0.15) is 99.5 Å². The number of aliphatic hydroxyl groups is 1. The molecule has 1 aromatic rings. The largest absolute Gasteiger partial charge is 0.508 e. The van der Waals surface area contributed by atoms with Gasteiger partial charge in [-0.3, -0.25) is 29.0 Å². The fourth-order valence-corrected chi connectivity index (χ4v) is 6.68. The van der Waals surface area contributed by atoms with E-state index in [9.17, 15) is 39.0 Å². The number of amides is 3. The lowest BCUT2D eigenvalue weighted by molar-refractivity contribution is -0.156. The number of ketones is 2. The summed E-state index contributed by atoms with van der Waals surface area (Å²) < 4.78 is 6.06. The van der Waals surface area contributed by atoms with Crippen LogP contribution in [0.2, 0.25) is 0 Å². The Hall–Kier alpha value is -4.88. The number of carbonyl (C=O) groups excluding carboxylic acids is 6. The van der Waals surface area contributed by atoms with Gasteiger partial charge in [0.25, 0.3) is 5.91 Å². The fraction of sp³-hybridized carbons (Fsp3) is 0.556. The van der Waals surface area contributed by atoms with E-state index < -0.39 is 77.2 Å². The lowest BCUT2D eigenvalue weighted by Crippen LogP contribution is -2.62. The zero-order chi connectivity index (χ0) is 43.2. The van der Waals surface area contributed by atoms with Crippen molar-refractivity contribution in [3.05, 3.63) is 77.9 Å². The normalized spacial score (nSPS) is 26.4. The summed E-state index contributed by atoms with van der Waals surface area (Å²) in [4.78, 5) is 80.5. The molecule has 318 valence electrons. The van der Waals surface area contributed by atoms with E-state index in [0.717, 1.165) is 0 Å². The number of cyclic esters (lactones) is 1. The first-order chi connectivity index (χ1) is 27.3. The van der Waals surface area contributed by atoms with Crippen LogP contribution in [0.5, 0.6) is 5.75 Å². The third-order valence-corrected chi connectivity index (χ3v) is 10.4. The number of allylic oxidation sites excluding steroid dienone is 6. The van der Waals surface area contributed by atoms with Crippen molar-refractivity contribution >= 4 is 35.3 Å². The topological polar surface area (TPSA) is 191 Å². The molecule has 58 heavy (non-hydrogen) atoms. The van der Waals surface area contributed by atoms with Gasteiger partial charge in [-0.1, -0.05) is 90.1 Å². The number of nitrogens with one attached hydrogen (secondary N) is 3. The van der Waals surface area contributed by atoms with E-state index in [-0.39, 0.29) is 43.1 Å². The molecule has 0 saturated carbocycles. The number of carbonyl (C=O) groups is 6. The molecule has 13 heteroatoms. The van der Waals surface area contributed by atoms with Crippen LogP contribution in [0, 0.1) is 23.2 Å². The van der Waals surface area contributed by atoms with E-state index in [1.54, 1.807) is 57.2 Å². The zero-order valence-electron chi connectivity index (χ0n) is 35.3. The number of esters is 1. The maximum absolute atomic E-state index is 14.3. The van der Waals surface area contributed by atoms with Gasteiger partial charge in [-0.2, -0.15) is 0 Å². The van der Waals surface area contributed by atoms with Gasteiger partial charge in [0.2, 0.25) is 11.8 Å². The number of aromatic hydroxyl groups is 1. The number of hydrogen-bond acceptors (Lipinski definition) is 10. The predicted molar refractivity (Wildman–Crippen MR) is 222 cm³/mol. The molecule has 1 fully saturated rings. The summed E-state index contributed by atoms with van der Waals surface area (Å²) in [6.45, 7) is 14.2. The molecule has 0 radical (unpaired) electrons. The summed E-state index contributed by atoms with van der Waals surface area (Å²) in [5, 5.41) is 28.6. The Morgan fingerprint density at radius 2 is 1.71 bits per heavy atom. The minimum Gasteiger partial charge on any atom is -0.508 e. The molecule has 2 aliphatic heterocycles. The van der Waals surface area contributed by atoms with E-state index in [0.29, 0.717) is 36.8 Å². The highest BCUT2D eigenvalue weighted by Gasteiger charge is 2.38. The average Bonchev–Trinajstić information content (AvgIpc) is 3.15. The second kappa shape index (κ2) is 22.3. The van der Waals surface area contributed by atoms with Gasteiger partial charge >= 0.3 is 5.97 Å². The van der Waals surface area contributed by atoms with Gasteiger partial charge in [-0.25, -0.2) is 5.43 Å². The van der Waals surface area contributed by atoms with Gasteiger partial charge in [-0.05, 0) is 80.7 Å². The van der Waals surface area contributed by atoms with Crippen molar-refractivity contribution in [1.29, 1.82) is 0 Å². The number of phenols is 1. The molecular formula is C45H64N4O9. The van der Waals surface area contributed by atoms with E-state index in [1.165, 1.54) is 30.1 Å². The van der Waals surface area contributed by atoms with E-state index in [1.807, 2.05) is 39.8 Å². The number of aliphatic hydroxyl groups excluding tert-OH is 1. The molecule has 3 rings (SSSR count). The van der Waals surface area contributed by atoms with Crippen LogP contribution in [-0.4, -0.2) is 87.4 Å². The second-order valence-electron chi connectivity index (χ2n) is 16.9. The van der Waals surface area contributed by atoms with Gasteiger partial charge < -0.3 is 30.4 Å².